The first-order valence-electron chi connectivity index (χ1n) is 7.44. The van der Waals surface area contributed by atoms with Gasteiger partial charge in [-0.05, 0) is 50.2 Å². The molecule has 112 valence electrons. The number of hydrogen-bond acceptors (Lipinski definition) is 4. The summed E-state index contributed by atoms with van der Waals surface area (Å²) < 4.78 is 0. The maximum absolute atomic E-state index is 6.25. The molecule has 2 N–H and O–H groups in total. The molecule has 0 saturated heterocycles. The zero-order valence-corrected chi connectivity index (χ0v) is 13.0. The highest BCUT2D eigenvalue weighted by molar-refractivity contribution is 5.18. The molecule has 0 amide bonds. The molecule has 2 heterocycles. The van der Waals surface area contributed by atoms with E-state index < -0.39 is 0 Å². The summed E-state index contributed by atoms with van der Waals surface area (Å²) in [7, 11) is 0. The molecule has 0 saturated carbocycles. The van der Waals surface area contributed by atoms with Gasteiger partial charge < -0.3 is 5.73 Å². The Morgan fingerprint density at radius 1 is 1.19 bits per heavy atom. The second-order valence-electron chi connectivity index (χ2n) is 5.42. The lowest BCUT2D eigenvalue weighted by atomic mass is 10.00. The van der Waals surface area contributed by atoms with Crippen LogP contribution in [0.1, 0.15) is 36.8 Å². The summed E-state index contributed by atoms with van der Waals surface area (Å²) in [5.74, 6) is 0. The molecule has 4 nitrogen and oxygen atoms in total. The Hall–Kier alpha value is -1.78. The van der Waals surface area contributed by atoms with Crippen molar-refractivity contribution < 1.29 is 0 Å². The molecule has 0 aliphatic rings. The van der Waals surface area contributed by atoms with E-state index in [1.165, 1.54) is 5.56 Å². The molecular weight excluding hydrogens is 260 g/mol. The molecule has 0 bridgehead atoms. The largest absolute Gasteiger partial charge is 0.326 e. The van der Waals surface area contributed by atoms with Gasteiger partial charge in [-0.1, -0.05) is 13.0 Å². The number of pyridine rings is 2. The van der Waals surface area contributed by atoms with Crippen LogP contribution in [0.25, 0.3) is 0 Å². The first-order chi connectivity index (χ1) is 10.1. The third-order valence-corrected chi connectivity index (χ3v) is 3.66. The van der Waals surface area contributed by atoms with E-state index in [0.717, 1.165) is 24.5 Å². The molecule has 0 aliphatic carbocycles. The van der Waals surface area contributed by atoms with Crippen molar-refractivity contribution in [1.82, 2.24) is 14.9 Å². The predicted molar refractivity (Wildman–Crippen MR) is 85.7 cm³/mol. The second-order valence-corrected chi connectivity index (χ2v) is 5.42. The Labute approximate surface area is 127 Å². The summed E-state index contributed by atoms with van der Waals surface area (Å²) in [5, 5.41) is 0. The lowest BCUT2D eigenvalue weighted by Gasteiger charge is -2.33. The van der Waals surface area contributed by atoms with Crippen LogP contribution >= 0.6 is 0 Å². The smallest absolute Gasteiger partial charge is 0.0547 e. The van der Waals surface area contributed by atoms with Crippen molar-refractivity contribution in [1.29, 1.82) is 0 Å². The Morgan fingerprint density at radius 2 is 1.90 bits per heavy atom. The summed E-state index contributed by atoms with van der Waals surface area (Å²) in [6, 6.07) is 10.4. The fraction of sp³-hybridized carbons (Fsp3) is 0.412. The van der Waals surface area contributed by atoms with E-state index >= 15 is 0 Å². The minimum Gasteiger partial charge on any atom is -0.326 e. The molecule has 2 rings (SSSR count). The summed E-state index contributed by atoms with van der Waals surface area (Å²) in [4.78, 5) is 11.1. The average Bonchev–Trinajstić information content (AvgIpc) is 2.47. The lowest BCUT2D eigenvalue weighted by molar-refractivity contribution is 0.175. The normalized spacial score (nSPS) is 14.1. The molecule has 0 fully saturated rings. The number of aromatic nitrogens is 2. The molecule has 0 aromatic carbocycles. The van der Waals surface area contributed by atoms with Crippen molar-refractivity contribution >= 4 is 0 Å². The number of aryl methyl sites for hydroxylation is 1. The molecule has 2 aromatic heterocycles. The SMILES string of the molecule is CCN(Cc1cccc(C)n1)C(c1ccncc1)C(C)N. The van der Waals surface area contributed by atoms with Crippen molar-refractivity contribution in [2.45, 2.75) is 39.4 Å². The van der Waals surface area contributed by atoms with Gasteiger partial charge in [0.25, 0.3) is 0 Å². The van der Waals surface area contributed by atoms with Crippen LogP contribution in [0.15, 0.2) is 42.7 Å². The van der Waals surface area contributed by atoms with Crippen LogP contribution in [0.2, 0.25) is 0 Å². The molecule has 0 aliphatic heterocycles. The molecule has 2 atom stereocenters. The van der Waals surface area contributed by atoms with Gasteiger partial charge in [0.2, 0.25) is 0 Å². The number of nitrogens with two attached hydrogens (primary N) is 1. The van der Waals surface area contributed by atoms with Crippen LogP contribution in [-0.4, -0.2) is 27.5 Å². The highest BCUT2D eigenvalue weighted by atomic mass is 15.2. The Bertz CT molecular complexity index is 554. The monoisotopic (exact) mass is 284 g/mol. The first-order valence-corrected chi connectivity index (χ1v) is 7.44. The Balaban J connectivity index is 2.24. The van der Waals surface area contributed by atoms with Crippen LogP contribution in [0.4, 0.5) is 0 Å². The van der Waals surface area contributed by atoms with Crippen LogP contribution in [0.5, 0.6) is 0 Å². The van der Waals surface area contributed by atoms with E-state index in [4.69, 9.17) is 5.73 Å². The zero-order chi connectivity index (χ0) is 15.2. The molecule has 0 radical (unpaired) electrons. The van der Waals surface area contributed by atoms with Gasteiger partial charge in [-0.2, -0.15) is 0 Å². The second kappa shape index (κ2) is 7.29. The van der Waals surface area contributed by atoms with Crippen molar-refractivity contribution in [2.24, 2.45) is 5.73 Å². The number of hydrogen-bond donors (Lipinski definition) is 1. The highest BCUT2D eigenvalue weighted by Gasteiger charge is 2.23. The van der Waals surface area contributed by atoms with Gasteiger partial charge in [0.05, 0.1) is 11.7 Å². The van der Waals surface area contributed by atoms with E-state index in [1.807, 2.05) is 37.5 Å². The van der Waals surface area contributed by atoms with Gasteiger partial charge in [0.1, 0.15) is 0 Å². The summed E-state index contributed by atoms with van der Waals surface area (Å²) in [6.45, 7) is 7.95. The maximum Gasteiger partial charge on any atom is 0.0547 e. The van der Waals surface area contributed by atoms with E-state index in [9.17, 15) is 0 Å². The minimum atomic E-state index is 0.0390. The standard InChI is InChI=1S/C17H24N4/c1-4-21(12-16-7-5-6-13(2)20-16)17(14(3)18)15-8-10-19-11-9-15/h5-11,14,17H,4,12,18H2,1-3H3. The Kier molecular flexibility index (Phi) is 5.42. The molecular formula is C17H24N4. The van der Waals surface area contributed by atoms with Gasteiger partial charge in [-0.3, -0.25) is 14.9 Å². The summed E-state index contributed by atoms with van der Waals surface area (Å²) in [6.07, 6.45) is 3.65. The van der Waals surface area contributed by atoms with Gasteiger partial charge in [-0.25, -0.2) is 0 Å². The van der Waals surface area contributed by atoms with Crippen LogP contribution in [0, 0.1) is 6.92 Å². The van der Waals surface area contributed by atoms with E-state index in [1.54, 1.807) is 0 Å². The van der Waals surface area contributed by atoms with Gasteiger partial charge in [-0.15, -0.1) is 0 Å². The van der Waals surface area contributed by atoms with Crippen molar-refractivity contribution in [3.8, 4) is 0 Å². The average molecular weight is 284 g/mol. The van der Waals surface area contributed by atoms with Crippen molar-refractivity contribution in [3.05, 3.63) is 59.7 Å². The van der Waals surface area contributed by atoms with E-state index in [-0.39, 0.29) is 12.1 Å². The summed E-state index contributed by atoms with van der Waals surface area (Å²) >= 11 is 0. The predicted octanol–water partition coefficient (Wildman–Crippen LogP) is 2.70. The van der Waals surface area contributed by atoms with Crippen LogP contribution < -0.4 is 5.73 Å². The van der Waals surface area contributed by atoms with Crippen molar-refractivity contribution in [3.63, 3.8) is 0 Å². The van der Waals surface area contributed by atoms with Gasteiger partial charge in [0.15, 0.2) is 0 Å². The zero-order valence-electron chi connectivity index (χ0n) is 13.0. The first kappa shape index (κ1) is 15.6. The summed E-state index contributed by atoms with van der Waals surface area (Å²) in [5.41, 5.74) is 9.58. The quantitative estimate of drug-likeness (QED) is 0.886. The molecule has 21 heavy (non-hydrogen) atoms. The van der Waals surface area contributed by atoms with E-state index in [2.05, 4.69) is 40.8 Å². The van der Waals surface area contributed by atoms with E-state index in [0.29, 0.717) is 0 Å². The number of rotatable bonds is 6. The molecule has 2 aromatic rings. The van der Waals surface area contributed by atoms with Crippen LogP contribution in [-0.2, 0) is 6.54 Å². The number of nitrogens with zero attached hydrogens (tertiary/aromatic N) is 3. The maximum atomic E-state index is 6.25. The topological polar surface area (TPSA) is 55.0 Å². The molecule has 0 spiro atoms. The molecule has 4 heteroatoms. The third kappa shape index (κ3) is 4.09. The Morgan fingerprint density at radius 3 is 2.48 bits per heavy atom. The molecule has 2 unspecified atom stereocenters. The number of likely N-dealkylation sites (N-methyl/N-ethyl adjacent to an activating group) is 1. The highest BCUT2D eigenvalue weighted by Crippen LogP contribution is 2.24. The van der Waals surface area contributed by atoms with Gasteiger partial charge in [0, 0.05) is 30.7 Å². The van der Waals surface area contributed by atoms with Gasteiger partial charge >= 0.3 is 0 Å². The minimum absolute atomic E-state index is 0.0390. The fourth-order valence-corrected chi connectivity index (χ4v) is 2.71. The fourth-order valence-electron chi connectivity index (χ4n) is 2.71. The lowest BCUT2D eigenvalue weighted by Crippen LogP contribution is -2.39. The van der Waals surface area contributed by atoms with Crippen molar-refractivity contribution in [2.75, 3.05) is 6.54 Å². The van der Waals surface area contributed by atoms with Crippen LogP contribution in [0.3, 0.4) is 0 Å². The third-order valence-electron chi connectivity index (χ3n) is 3.66.